The van der Waals surface area contributed by atoms with Gasteiger partial charge in [-0.15, -0.1) is 10.2 Å². The van der Waals surface area contributed by atoms with Gasteiger partial charge >= 0.3 is 0 Å². The number of methoxy groups -OCH3 is 3. The van der Waals surface area contributed by atoms with Gasteiger partial charge in [0.2, 0.25) is 11.7 Å². The van der Waals surface area contributed by atoms with Gasteiger partial charge in [0, 0.05) is 25.3 Å². The summed E-state index contributed by atoms with van der Waals surface area (Å²) in [6.45, 7) is 2.62. The molecule has 0 unspecified atom stereocenters. The number of hydrogen-bond donors (Lipinski definition) is 1. The van der Waals surface area contributed by atoms with Crippen LogP contribution in [0.5, 0.6) is 17.2 Å². The fraction of sp³-hybridized carbons (Fsp3) is 0.387. The van der Waals surface area contributed by atoms with Crippen molar-refractivity contribution in [3.05, 3.63) is 71.7 Å². The third kappa shape index (κ3) is 7.17. The molecule has 1 aliphatic rings. The highest BCUT2D eigenvalue weighted by Gasteiger charge is 2.35. The maximum Gasteiger partial charge on any atom is 0.250 e. The summed E-state index contributed by atoms with van der Waals surface area (Å²) in [7, 11) is 4.67. The van der Waals surface area contributed by atoms with E-state index in [1.165, 1.54) is 16.8 Å². The van der Waals surface area contributed by atoms with Gasteiger partial charge in [0.05, 0.1) is 27.4 Å². The van der Waals surface area contributed by atoms with Crippen molar-refractivity contribution >= 4 is 11.8 Å². The van der Waals surface area contributed by atoms with E-state index >= 15 is 0 Å². The van der Waals surface area contributed by atoms with Crippen LogP contribution < -0.4 is 19.5 Å². The molecular formula is C31H36N6O7. The Balaban J connectivity index is 1.43. The summed E-state index contributed by atoms with van der Waals surface area (Å²) in [6, 6.07) is 14.9. The van der Waals surface area contributed by atoms with Crippen LogP contribution in [-0.4, -0.2) is 77.5 Å². The summed E-state index contributed by atoms with van der Waals surface area (Å²) >= 11 is 0. The molecule has 0 bridgehead atoms. The van der Waals surface area contributed by atoms with Crippen molar-refractivity contribution in [2.45, 2.75) is 45.0 Å². The molecule has 1 fully saturated rings. The normalized spacial score (nSPS) is 15.0. The van der Waals surface area contributed by atoms with Crippen LogP contribution in [0.15, 0.2) is 59.0 Å². The van der Waals surface area contributed by atoms with Crippen LogP contribution in [-0.2, 0) is 27.4 Å². The van der Waals surface area contributed by atoms with Crippen LogP contribution in [0.3, 0.4) is 0 Å². The van der Waals surface area contributed by atoms with Gasteiger partial charge in [0.25, 0.3) is 5.91 Å². The van der Waals surface area contributed by atoms with Crippen LogP contribution in [0.2, 0.25) is 0 Å². The fourth-order valence-electron chi connectivity index (χ4n) is 5.01. The predicted molar refractivity (Wildman–Crippen MR) is 158 cm³/mol. The van der Waals surface area contributed by atoms with Gasteiger partial charge in [-0.2, -0.15) is 4.80 Å². The molecule has 5 rings (SSSR count). The van der Waals surface area contributed by atoms with E-state index in [4.69, 9.17) is 23.4 Å². The van der Waals surface area contributed by atoms with Crippen LogP contribution in [0.4, 0.5) is 0 Å². The second-order valence-corrected chi connectivity index (χ2v) is 10.3. The average molecular weight is 605 g/mol. The third-order valence-corrected chi connectivity index (χ3v) is 7.32. The number of aryl methyl sites for hydroxylation is 1. The van der Waals surface area contributed by atoms with E-state index < -0.39 is 11.9 Å². The third-order valence-electron chi connectivity index (χ3n) is 7.32. The van der Waals surface area contributed by atoms with Gasteiger partial charge in [-0.3, -0.25) is 9.59 Å². The van der Waals surface area contributed by atoms with Gasteiger partial charge in [0.1, 0.15) is 23.8 Å². The van der Waals surface area contributed by atoms with E-state index in [1.54, 1.807) is 63.6 Å². The topological polar surface area (TPSA) is 143 Å². The second kappa shape index (κ2) is 14.0. The summed E-state index contributed by atoms with van der Waals surface area (Å²) in [4.78, 5) is 30.5. The summed E-state index contributed by atoms with van der Waals surface area (Å²) in [5, 5.41) is 15.6. The molecule has 0 radical (unpaired) electrons. The molecule has 1 aliphatic heterocycles. The minimum Gasteiger partial charge on any atom is -0.497 e. The smallest absolute Gasteiger partial charge is 0.250 e. The first-order valence-electron chi connectivity index (χ1n) is 14.3. The summed E-state index contributed by atoms with van der Waals surface area (Å²) in [5.74, 6) is 2.20. The highest BCUT2D eigenvalue weighted by Crippen LogP contribution is 2.31. The molecule has 2 atom stereocenters. The lowest BCUT2D eigenvalue weighted by molar-refractivity contribution is -0.143. The van der Waals surface area contributed by atoms with E-state index in [0.717, 1.165) is 18.4 Å². The Morgan fingerprint density at radius 2 is 1.84 bits per heavy atom. The Kier molecular flexibility index (Phi) is 9.75. The molecule has 2 aromatic heterocycles. The predicted octanol–water partition coefficient (Wildman–Crippen LogP) is 3.33. The molecular weight excluding hydrogens is 568 g/mol. The highest BCUT2D eigenvalue weighted by atomic mass is 16.5. The standard InChI is InChI=1S/C31H36N6O7/c1-20-7-13-26(44-20)29(31(39)32-17-24-6-5-15-43-24)36(18-21-8-11-23(40-2)12-9-21)28(38)19-37-34-30(33-35-37)22-10-14-25(41-3)27(16-22)42-4/h7-14,16,24,29H,5-6,15,17-19H2,1-4H3,(H,32,39)/t24-,29-/m1/s1. The van der Waals surface area contributed by atoms with Gasteiger partial charge < -0.3 is 33.6 Å². The Hall–Kier alpha value is -4.91. The first-order valence-corrected chi connectivity index (χ1v) is 14.3. The molecule has 3 heterocycles. The number of carbonyl (C=O) groups is 2. The van der Waals surface area contributed by atoms with Crippen molar-refractivity contribution in [2.24, 2.45) is 0 Å². The summed E-state index contributed by atoms with van der Waals surface area (Å²) in [5.41, 5.74) is 1.42. The number of rotatable bonds is 13. The molecule has 0 saturated carbocycles. The molecule has 2 amide bonds. The lowest BCUT2D eigenvalue weighted by Crippen LogP contribution is -2.46. The zero-order chi connectivity index (χ0) is 31.1. The molecule has 1 N–H and O–H groups in total. The lowest BCUT2D eigenvalue weighted by atomic mass is 10.1. The average Bonchev–Trinajstić information content (AvgIpc) is 3.83. The molecule has 44 heavy (non-hydrogen) atoms. The van der Waals surface area contributed by atoms with Crippen molar-refractivity contribution in [2.75, 3.05) is 34.5 Å². The van der Waals surface area contributed by atoms with Crippen molar-refractivity contribution in [3.8, 4) is 28.6 Å². The number of amides is 2. The van der Waals surface area contributed by atoms with Gasteiger partial charge in [0.15, 0.2) is 17.5 Å². The van der Waals surface area contributed by atoms with E-state index in [0.29, 0.717) is 53.3 Å². The van der Waals surface area contributed by atoms with Gasteiger partial charge in [-0.05, 0) is 73.0 Å². The number of furan rings is 1. The summed E-state index contributed by atoms with van der Waals surface area (Å²) < 4.78 is 27.6. The largest absolute Gasteiger partial charge is 0.497 e. The second-order valence-electron chi connectivity index (χ2n) is 10.3. The van der Waals surface area contributed by atoms with Crippen molar-refractivity contribution in [3.63, 3.8) is 0 Å². The lowest BCUT2D eigenvalue weighted by Gasteiger charge is -2.30. The Morgan fingerprint density at radius 3 is 2.50 bits per heavy atom. The molecule has 2 aromatic carbocycles. The number of aromatic nitrogens is 4. The maximum atomic E-state index is 14.0. The number of nitrogens with one attached hydrogen (secondary N) is 1. The Bertz CT molecular complexity index is 1560. The molecule has 13 nitrogen and oxygen atoms in total. The van der Waals surface area contributed by atoms with Crippen LogP contribution in [0, 0.1) is 6.92 Å². The van der Waals surface area contributed by atoms with Crippen molar-refractivity contribution in [1.29, 1.82) is 0 Å². The van der Waals surface area contributed by atoms with E-state index in [2.05, 4.69) is 20.7 Å². The molecule has 1 saturated heterocycles. The quantitative estimate of drug-likeness (QED) is 0.241. The SMILES string of the molecule is COc1ccc(CN(C(=O)Cn2nnc(-c3ccc(OC)c(OC)c3)n2)[C@@H](C(=O)NC[C@H]2CCCO2)c2ccc(C)o2)cc1. The Morgan fingerprint density at radius 1 is 1.05 bits per heavy atom. The number of hydrogen-bond acceptors (Lipinski definition) is 10. The van der Waals surface area contributed by atoms with Crippen molar-refractivity contribution in [1.82, 2.24) is 30.4 Å². The molecule has 232 valence electrons. The number of carbonyl (C=O) groups excluding carboxylic acids is 2. The maximum absolute atomic E-state index is 14.0. The van der Waals surface area contributed by atoms with E-state index in [1.807, 2.05) is 12.1 Å². The van der Waals surface area contributed by atoms with Gasteiger partial charge in [-0.1, -0.05) is 12.1 Å². The van der Waals surface area contributed by atoms with E-state index in [9.17, 15) is 9.59 Å². The monoisotopic (exact) mass is 604 g/mol. The van der Waals surface area contributed by atoms with E-state index in [-0.39, 0.29) is 25.1 Å². The zero-order valence-corrected chi connectivity index (χ0v) is 25.2. The van der Waals surface area contributed by atoms with Crippen LogP contribution in [0.1, 0.15) is 36.0 Å². The Labute approximate surface area is 255 Å². The van der Waals surface area contributed by atoms with Gasteiger partial charge in [-0.25, -0.2) is 0 Å². The number of tetrazole rings is 1. The number of benzene rings is 2. The summed E-state index contributed by atoms with van der Waals surface area (Å²) in [6.07, 6.45) is 1.73. The molecule has 13 heteroatoms. The zero-order valence-electron chi connectivity index (χ0n) is 25.2. The minimum atomic E-state index is -1.06. The molecule has 4 aromatic rings. The highest BCUT2D eigenvalue weighted by molar-refractivity contribution is 5.88. The number of ether oxygens (including phenoxy) is 4. The first-order chi connectivity index (χ1) is 21.4. The van der Waals surface area contributed by atoms with Crippen LogP contribution in [0.25, 0.3) is 11.4 Å². The van der Waals surface area contributed by atoms with Crippen molar-refractivity contribution < 1.29 is 33.0 Å². The minimum absolute atomic E-state index is 0.0713. The molecule has 0 aliphatic carbocycles. The number of nitrogens with zero attached hydrogens (tertiary/aromatic N) is 5. The fourth-order valence-corrected chi connectivity index (χ4v) is 5.01. The molecule has 0 spiro atoms. The van der Waals surface area contributed by atoms with Crippen LogP contribution >= 0.6 is 0 Å². The first kappa shape index (κ1) is 30.5.